The van der Waals surface area contributed by atoms with E-state index in [1.807, 2.05) is 36.4 Å². The van der Waals surface area contributed by atoms with Crippen molar-refractivity contribution in [1.29, 1.82) is 0 Å². The van der Waals surface area contributed by atoms with Crippen LogP contribution in [0.2, 0.25) is 0 Å². The van der Waals surface area contributed by atoms with E-state index in [9.17, 15) is 14.4 Å². The van der Waals surface area contributed by atoms with Gasteiger partial charge >= 0.3 is 6.03 Å². The lowest BCUT2D eigenvalue weighted by atomic mass is 9.83. The summed E-state index contributed by atoms with van der Waals surface area (Å²) in [5.74, 6) is -0.848. The molecule has 2 aromatic carbocycles. The number of carbonyl (C=O) groups excluding carboxylic acids is 3. The highest BCUT2D eigenvalue weighted by molar-refractivity contribution is 6.10. The molecule has 0 aliphatic carbocycles. The number of quaternary nitrogens is 1. The van der Waals surface area contributed by atoms with Crippen LogP contribution in [-0.2, 0) is 15.1 Å². The molecule has 0 saturated carbocycles. The van der Waals surface area contributed by atoms with Gasteiger partial charge in [-0.25, -0.2) is 4.79 Å². The van der Waals surface area contributed by atoms with Crippen LogP contribution in [0.1, 0.15) is 37.3 Å². The number of hydrogen-bond donors (Lipinski definition) is 3. The van der Waals surface area contributed by atoms with Gasteiger partial charge in [-0.2, -0.15) is 5.01 Å². The van der Waals surface area contributed by atoms with Crippen LogP contribution in [0.25, 0.3) is 0 Å². The minimum atomic E-state index is -1.38. The molecular weight excluding hydrogens is 380 g/mol. The number of urea groups is 1. The molecule has 4 rings (SSSR count). The second-order valence-electron chi connectivity index (χ2n) is 8.07. The normalized spacial score (nSPS) is 23.2. The van der Waals surface area contributed by atoms with E-state index in [0.717, 1.165) is 24.4 Å². The van der Waals surface area contributed by atoms with Gasteiger partial charge in [-0.1, -0.05) is 60.7 Å². The summed E-state index contributed by atoms with van der Waals surface area (Å²) in [6.45, 7) is 3.29. The van der Waals surface area contributed by atoms with Gasteiger partial charge in [0, 0.05) is 0 Å². The first-order valence-corrected chi connectivity index (χ1v) is 10.4. The zero-order chi connectivity index (χ0) is 21.1. The second kappa shape index (κ2) is 8.28. The smallest absolute Gasteiger partial charge is 0.325 e. The Balaban J connectivity index is 1.60. The van der Waals surface area contributed by atoms with Crippen molar-refractivity contribution in [2.45, 2.75) is 37.8 Å². The quantitative estimate of drug-likeness (QED) is 0.646. The number of hydrogen-bond acceptors (Lipinski definition) is 3. The number of likely N-dealkylation sites (tertiary alicyclic amines) is 1. The fraction of sp³-hybridized carbons (Fsp3) is 0.348. The molecule has 30 heavy (non-hydrogen) atoms. The van der Waals surface area contributed by atoms with Crippen molar-refractivity contribution in [3.05, 3.63) is 71.8 Å². The van der Waals surface area contributed by atoms with E-state index in [1.54, 1.807) is 24.3 Å². The lowest BCUT2D eigenvalue weighted by Crippen LogP contribution is -3.17. The molecule has 2 heterocycles. The molecular formula is C23H27N4O3+. The average molecular weight is 407 g/mol. The first-order chi connectivity index (χ1) is 14.5. The molecule has 2 fully saturated rings. The fourth-order valence-corrected chi connectivity index (χ4v) is 4.45. The molecule has 4 amide bonds. The summed E-state index contributed by atoms with van der Waals surface area (Å²) >= 11 is 0. The van der Waals surface area contributed by atoms with Crippen LogP contribution in [-0.4, -0.2) is 42.0 Å². The average Bonchev–Trinajstić information content (AvgIpc) is 3.02. The summed E-state index contributed by atoms with van der Waals surface area (Å²) in [6.07, 6.45) is 3.34. The van der Waals surface area contributed by atoms with Crippen molar-refractivity contribution < 1.29 is 19.3 Å². The Morgan fingerprint density at radius 2 is 1.67 bits per heavy atom. The molecule has 0 aromatic heterocycles. The standard InChI is InChI=1S/C23H26N4O3/c1-17-10-8-9-15-26(17)16-20(28)25-27-21(29)23(24-22(27)30,18-11-4-2-5-12-18)19-13-6-3-7-14-19/h2-7,11-14,17H,8-10,15-16H2,1H3,(H,24,30)(H,25,28)/p+1/t17-/m0/s1. The van der Waals surface area contributed by atoms with Gasteiger partial charge in [0.25, 0.3) is 11.8 Å². The van der Waals surface area contributed by atoms with Gasteiger partial charge in [-0.3, -0.25) is 15.0 Å². The van der Waals surface area contributed by atoms with Gasteiger partial charge in [0.2, 0.25) is 0 Å². The second-order valence-corrected chi connectivity index (χ2v) is 8.07. The van der Waals surface area contributed by atoms with E-state index in [1.165, 1.54) is 11.3 Å². The van der Waals surface area contributed by atoms with E-state index in [4.69, 9.17) is 0 Å². The molecule has 7 nitrogen and oxygen atoms in total. The maximum atomic E-state index is 13.6. The summed E-state index contributed by atoms with van der Waals surface area (Å²) in [5.41, 5.74) is 2.46. The molecule has 3 N–H and O–H groups in total. The number of benzene rings is 2. The maximum absolute atomic E-state index is 13.6. The molecule has 2 aliphatic heterocycles. The van der Waals surface area contributed by atoms with Crippen LogP contribution >= 0.6 is 0 Å². The van der Waals surface area contributed by atoms with Crippen molar-refractivity contribution in [2.24, 2.45) is 0 Å². The van der Waals surface area contributed by atoms with Crippen LogP contribution in [0.5, 0.6) is 0 Å². The van der Waals surface area contributed by atoms with Crippen molar-refractivity contribution in [3.8, 4) is 0 Å². The Morgan fingerprint density at radius 3 is 2.23 bits per heavy atom. The van der Waals surface area contributed by atoms with Crippen LogP contribution < -0.4 is 15.6 Å². The van der Waals surface area contributed by atoms with Crippen molar-refractivity contribution >= 4 is 17.8 Å². The highest BCUT2D eigenvalue weighted by Gasteiger charge is 2.54. The predicted molar refractivity (Wildman–Crippen MR) is 111 cm³/mol. The van der Waals surface area contributed by atoms with E-state index >= 15 is 0 Å². The van der Waals surface area contributed by atoms with E-state index in [0.29, 0.717) is 17.2 Å². The number of piperidine rings is 1. The molecule has 0 spiro atoms. The van der Waals surface area contributed by atoms with Gasteiger partial charge in [-0.05, 0) is 37.3 Å². The van der Waals surface area contributed by atoms with Crippen molar-refractivity contribution in [1.82, 2.24) is 15.8 Å². The first kappa shape index (κ1) is 20.1. The molecule has 1 unspecified atom stereocenters. The molecule has 2 saturated heterocycles. The number of nitrogens with zero attached hydrogens (tertiary/aromatic N) is 1. The number of nitrogens with one attached hydrogen (secondary N) is 3. The third kappa shape index (κ3) is 3.57. The number of imide groups is 1. The monoisotopic (exact) mass is 407 g/mol. The van der Waals surface area contributed by atoms with Gasteiger partial charge in [0.15, 0.2) is 12.1 Å². The van der Waals surface area contributed by atoms with Gasteiger partial charge in [0.1, 0.15) is 0 Å². The fourth-order valence-electron chi connectivity index (χ4n) is 4.45. The maximum Gasteiger partial charge on any atom is 0.344 e. The Morgan fingerprint density at radius 1 is 1.07 bits per heavy atom. The largest absolute Gasteiger partial charge is 0.344 e. The minimum absolute atomic E-state index is 0.238. The number of rotatable bonds is 5. The molecule has 0 radical (unpaired) electrons. The zero-order valence-electron chi connectivity index (χ0n) is 17.1. The van der Waals surface area contributed by atoms with E-state index in [-0.39, 0.29) is 12.5 Å². The summed E-state index contributed by atoms with van der Waals surface area (Å²) in [5, 5.41) is 3.66. The summed E-state index contributed by atoms with van der Waals surface area (Å²) in [7, 11) is 0. The van der Waals surface area contributed by atoms with Crippen LogP contribution in [0.4, 0.5) is 4.79 Å². The number of carbonyl (C=O) groups is 3. The minimum Gasteiger partial charge on any atom is -0.325 e. The summed E-state index contributed by atoms with van der Waals surface area (Å²) in [6, 6.07) is 17.9. The summed E-state index contributed by atoms with van der Waals surface area (Å²) < 4.78 is 0. The zero-order valence-corrected chi connectivity index (χ0v) is 17.1. The SMILES string of the molecule is C[C@H]1CCCC[NH+]1CC(=O)NN1C(=O)NC(c2ccccc2)(c2ccccc2)C1=O. The molecule has 0 bridgehead atoms. The Labute approximate surface area is 176 Å². The van der Waals surface area contributed by atoms with Crippen molar-refractivity contribution in [2.75, 3.05) is 13.1 Å². The van der Waals surface area contributed by atoms with Gasteiger partial charge in [-0.15, -0.1) is 0 Å². The molecule has 2 aromatic rings. The van der Waals surface area contributed by atoms with Gasteiger partial charge in [0.05, 0.1) is 12.6 Å². The lowest BCUT2D eigenvalue weighted by Gasteiger charge is -2.30. The summed E-state index contributed by atoms with van der Waals surface area (Å²) in [4.78, 5) is 40.2. The Bertz CT molecular complexity index is 892. The number of amides is 4. The third-order valence-electron chi connectivity index (χ3n) is 6.14. The lowest BCUT2D eigenvalue weighted by molar-refractivity contribution is -0.921. The molecule has 7 heteroatoms. The van der Waals surface area contributed by atoms with Crippen LogP contribution in [0.15, 0.2) is 60.7 Å². The van der Waals surface area contributed by atoms with Crippen molar-refractivity contribution in [3.63, 3.8) is 0 Å². The highest BCUT2D eigenvalue weighted by atomic mass is 16.2. The third-order valence-corrected chi connectivity index (χ3v) is 6.14. The highest BCUT2D eigenvalue weighted by Crippen LogP contribution is 2.35. The number of hydrazine groups is 1. The first-order valence-electron chi connectivity index (χ1n) is 10.4. The predicted octanol–water partition coefficient (Wildman–Crippen LogP) is 0.971. The van der Waals surface area contributed by atoms with Gasteiger partial charge < -0.3 is 10.2 Å². The van der Waals surface area contributed by atoms with Crippen LogP contribution in [0.3, 0.4) is 0 Å². The van der Waals surface area contributed by atoms with E-state index < -0.39 is 17.5 Å². The van der Waals surface area contributed by atoms with Crippen LogP contribution in [0, 0.1) is 0 Å². The molecule has 2 atom stereocenters. The Hall–Kier alpha value is -3.19. The molecule has 156 valence electrons. The van der Waals surface area contributed by atoms with E-state index in [2.05, 4.69) is 17.7 Å². The molecule has 2 aliphatic rings. The topological polar surface area (TPSA) is 82.9 Å². The Kier molecular flexibility index (Phi) is 5.55.